The summed E-state index contributed by atoms with van der Waals surface area (Å²) in [4.78, 5) is 13.0. The minimum Gasteiger partial charge on any atom is -0.495 e. The van der Waals surface area contributed by atoms with Crippen molar-refractivity contribution in [3.63, 3.8) is 0 Å². The first-order valence-corrected chi connectivity index (χ1v) is 13.1. The number of piperidine rings is 1. The molecule has 1 saturated heterocycles. The number of ether oxygens (including phenoxy) is 2. The Kier molecular flexibility index (Phi) is 7.24. The lowest BCUT2D eigenvalue weighted by molar-refractivity contribution is -0.122. The number of anilines is 1. The largest absolute Gasteiger partial charge is 0.495 e. The van der Waals surface area contributed by atoms with Crippen LogP contribution in [0.3, 0.4) is 0 Å². The zero-order valence-corrected chi connectivity index (χ0v) is 20.1. The summed E-state index contributed by atoms with van der Waals surface area (Å²) in [6.07, 6.45) is 6.48. The van der Waals surface area contributed by atoms with Gasteiger partial charge >= 0.3 is 0 Å². The van der Waals surface area contributed by atoms with Crippen LogP contribution in [-0.4, -0.2) is 44.9 Å². The van der Waals surface area contributed by atoms with Gasteiger partial charge in [-0.2, -0.15) is 4.31 Å². The van der Waals surface area contributed by atoms with Crippen LogP contribution in [0, 0.1) is 0 Å². The van der Waals surface area contributed by atoms with Crippen molar-refractivity contribution in [3.05, 3.63) is 47.5 Å². The van der Waals surface area contributed by atoms with E-state index in [1.165, 1.54) is 47.5 Å². The van der Waals surface area contributed by atoms with Crippen molar-refractivity contribution in [1.82, 2.24) is 4.31 Å². The Morgan fingerprint density at radius 2 is 1.70 bits per heavy atom. The lowest BCUT2D eigenvalue weighted by Crippen LogP contribution is -2.35. The number of fused-ring (bicyclic) bond motifs is 1. The summed E-state index contributed by atoms with van der Waals surface area (Å²) in [5.74, 6) is 0.673. The van der Waals surface area contributed by atoms with Gasteiger partial charge in [0.2, 0.25) is 10.0 Å². The van der Waals surface area contributed by atoms with Gasteiger partial charge in [0.15, 0.2) is 6.10 Å². The third-order valence-corrected chi connectivity index (χ3v) is 8.28. The van der Waals surface area contributed by atoms with E-state index >= 15 is 0 Å². The Balaban J connectivity index is 1.49. The van der Waals surface area contributed by atoms with Crippen LogP contribution in [-0.2, 0) is 27.7 Å². The number of nitrogens with one attached hydrogen (secondary N) is 1. The molecule has 2 aromatic rings. The van der Waals surface area contributed by atoms with E-state index in [0.29, 0.717) is 30.3 Å². The van der Waals surface area contributed by atoms with Crippen LogP contribution in [0.15, 0.2) is 41.3 Å². The predicted molar refractivity (Wildman–Crippen MR) is 127 cm³/mol. The molecule has 0 saturated carbocycles. The predicted octanol–water partition coefficient (Wildman–Crippen LogP) is 4.15. The molecule has 4 rings (SSSR count). The van der Waals surface area contributed by atoms with Gasteiger partial charge < -0.3 is 14.8 Å². The summed E-state index contributed by atoms with van der Waals surface area (Å²) in [6.45, 7) is 2.71. The molecule has 1 aliphatic heterocycles. The number of rotatable bonds is 7. The first kappa shape index (κ1) is 23.6. The van der Waals surface area contributed by atoms with Gasteiger partial charge in [0, 0.05) is 13.1 Å². The first-order valence-electron chi connectivity index (χ1n) is 11.7. The number of aryl methyl sites for hydroxylation is 2. The highest BCUT2D eigenvalue weighted by molar-refractivity contribution is 7.89. The number of carbonyl (C=O) groups excluding carboxylic acids is 1. The van der Waals surface area contributed by atoms with Crippen LogP contribution in [0.4, 0.5) is 5.69 Å². The molecular weight excluding hydrogens is 440 g/mol. The molecule has 0 bridgehead atoms. The van der Waals surface area contributed by atoms with Crippen LogP contribution < -0.4 is 14.8 Å². The Hall–Kier alpha value is -2.58. The van der Waals surface area contributed by atoms with E-state index < -0.39 is 16.1 Å². The summed E-state index contributed by atoms with van der Waals surface area (Å²) >= 11 is 0. The molecule has 2 aromatic carbocycles. The van der Waals surface area contributed by atoms with Gasteiger partial charge in [-0.05, 0) is 86.9 Å². The van der Waals surface area contributed by atoms with E-state index in [-0.39, 0.29) is 10.8 Å². The monoisotopic (exact) mass is 472 g/mol. The average molecular weight is 473 g/mol. The molecule has 1 N–H and O–H groups in total. The molecule has 7 nitrogen and oxygen atoms in total. The van der Waals surface area contributed by atoms with E-state index in [0.717, 1.165) is 32.1 Å². The fraction of sp³-hybridized carbons (Fsp3) is 0.480. The van der Waals surface area contributed by atoms with Crippen molar-refractivity contribution in [2.75, 3.05) is 25.5 Å². The van der Waals surface area contributed by atoms with Crippen LogP contribution in [0.2, 0.25) is 0 Å². The number of benzene rings is 2. The summed E-state index contributed by atoms with van der Waals surface area (Å²) < 4.78 is 38.9. The molecule has 0 spiro atoms. The summed E-state index contributed by atoms with van der Waals surface area (Å²) in [5.41, 5.74) is 2.94. The summed E-state index contributed by atoms with van der Waals surface area (Å²) in [5, 5.41) is 2.79. The number of hydrogen-bond donors (Lipinski definition) is 1. The number of sulfonamides is 1. The maximum Gasteiger partial charge on any atom is 0.265 e. The number of nitrogens with zero attached hydrogens (tertiary/aromatic N) is 1. The van der Waals surface area contributed by atoms with Gasteiger partial charge in [-0.25, -0.2) is 8.42 Å². The number of methoxy groups -OCH3 is 1. The molecule has 8 heteroatoms. The molecule has 1 amide bonds. The van der Waals surface area contributed by atoms with E-state index in [9.17, 15) is 13.2 Å². The van der Waals surface area contributed by atoms with Crippen LogP contribution in [0.5, 0.6) is 11.5 Å². The number of hydrogen-bond acceptors (Lipinski definition) is 5. The first-order chi connectivity index (χ1) is 15.9. The van der Waals surface area contributed by atoms with Gasteiger partial charge in [0.05, 0.1) is 17.7 Å². The lowest BCUT2D eigenvalue weighted by Gasteiger charge is -2.26. The molecule has 1 atom stereocenters. The van der Waals surface area contributed by atoms with Crippen molar-refractivity contribution in [2.45, 2.75) is 62.9 Å². The highest BCUT2D eigenvalue weighted by Gasteiger charge is 2.27. The van der Waals surface area contributed by atoms with Gasteiger partial charge in [-0.3, -0.25) is 4.79 Å². The van der Waals surface area contributed by atoms with Crippen molar-refractivity contribution in [2.24, 2.45) is 0 Å². The van der Waals surface area contributed by atoms with Crippen LogP contribution in [0.1, 0.15) is 50.2 Å². The van der Waals surface area contributed by atoms with E-state index in [1.54, 1.807) is 13.0 Å². The maximum atomic E-state index is 13.1. The Bertz CT molecular complexity index is 1110. The highest BCUT2D eigenvalue weighted by atomic mass is 32.2. The summed E-state index contributed by atoms with van der Waals surface area (Å²) in [7, 11) is -2.14. The molecule has 178 valence electrons. The topological polar surface area (TPSA) is 84.9 Å². The molecule has 1 unspecified atom stereocenters. The second-order valence-corrected chi connectivity index (χ2v) is 10.7. The Labute approximate surface area is 196 Å². The fourth-order valence-corrected chi connectivity index (χ4v) is 6.02. The van der Waals surface area contributed by atoms with E-state index in [4.69, 9.17) is 9.47 Å². The maximum absolute atomic E-state index is 13.1. The van der Waals surface area contributed by atoms with Gasteiger partial charge in [-0.1, -0.05) is 12.5 Å². The Morgan fingerprint density at radius 3 is 2.42 bits per heavy atom. The van der Waals surface area contributed by atoms with Crippen molar-refractivity contribution >= 4 is 21.6 Å². The van der Waals surface area contributed by atoms with Gasteiger partial charge in [0.25, 0.3) is 5.91 Å². The molecule has 0 radical (unpaired) electrons. The van der Waals surface area contributed by atoms with Crippen LogP contribution >= 0.6 is 0 Å². The zero-order chi connectivity index (χ0) is 23.4. The minimum absolute atomic E-state index is 0.142. The third-order valence-electron chi connectivity index (χ3n) is 6.38. The zero-order valence-electron chi connectivity index (χ0n) is 19.3. The standard InChI is InChI=1S/C25H32N2O5S/c1-18(32-21-11-10-19-8-4-5-9-20(19)16-21)25(28)26-23-17-22(12-13-24(23)31-2)33(29,30)27-14-6-3-7-15-27/h10-13,16-18H,3-9,14-15H2,1-2H3,(H,26,28). The second-order valence-electron chi connectivity index (χ2n) is 8.71. The normalized spacial score (nSPS) is 17.6. The Morgan fingerprint density at radius 1 is 0.970 bits per heavy atom. The molecule has 1 aliphatic carbocycles. The van der Waals surface area contributed by atoms with Gasteiger partial charge in [-0.15, -0.1) is 0 Å². The second kappa shape index (κ2) is 10.1. The lowest BCUT2D eigenvalue weighted by atomic mass is 9.92. The van der Waals surface area contributed by atoms with Crippen molar-refractivity contribution in [1.29, 1.82) is 0 Å². The molecule has 2 aliphatic rings. The number of carbonyl (C=O) groups is 1. The van der Waals surface area contributed by atoms with E-state index in [1.807, 2.05) is 12.1 Å². The molecular formula is C25H32N2O5S. The molecule has 1 fully saturated rings. The van der Waals surface area contributed by atoms with Crippen molar-refractivity contribution in [3.8, 4) is 11.5 Å². The smallest absolute Gasteiger partial charge is 0.265 e. The minimum atomic E-state index is -3.63. The average Bonchev–Trinajstić information content (AvgIpc) is 2.84. The van der Waals surface area contributed by atoms with Crippen molar-refractivity contribution < 1.29 is 22.7 Å². The highest BCUT2D eigenvalue weighted by Crippen LogP contribution is 2.31. The third kappa shape index (κ3) is 5.33. The van der Waals surface area contributed by atoms with E-state index in [2.05, 4.69) is 11.4 Å². The number of amides is 1. The molecule has 33 heavy (non-hydrogen) atoms. The molecule has 0 aromatic heterocycles. The SMILES string of the molecule is COc1ccc(S(=O)(=O)N2CCCCC2)cc1NC(=O)C(C)Oc1ccc2c(c1)CCCC2. The quantitative estimate of drug-likeness (QED) is 0.654. The fourth-order valence-electron chi connectivity index (χ4n) is 4.47. The molecule has 1 heterocycles. The van der Waals surface area contributed by atoms with Gasteiger partial charge in [0.1, 0.15) is 11.5 Å². The summed E-state index contributed by atoms with van der Waals surface area (Å²) in [6, 6.07) is 10.6. The van der Waals surface area contributed by atoms with Crippen LogP contribution in [0.25, 0.3) is 0 Å².